The van der Waals surface area contributed by atoms with Gasteiger partial charge in [0.1, 0.15) is 12.0 Å². The van der Waals surface area contributed by atoms with Crippen LogP contribution in [0.5, 0.6) is 0 Å². The molecule has 1 aliphatic carbocycles. The first-order chi connectivity index (χ1) is 7.74. The molecule has 1 heterocycles. The third-order valence-electron chi connectivity index (χ3n) is 3.02. The molecule has 1 aliphatic rings. The summed E-state index contributed by atoms with van der Waals surface area (Å²) >= 11 is 0. The molecule has 1 aromatic heterocycles. The third kappa shape index (κ3) is 1.58. The summed E-state index contributed by atoms with van der Waals surface area (Å²) < 4.78 is 5.46. The lowest BCUT2D eigenvalue weighted by Crippen LogP contribution is -1.90. The van der Waals surface area contributed by atoms with Crippen LogP contribution in [0.1, 0.15) is 30.2 Å². The molecule has 0 unspecified atom stereocenters. The molecule has 16 heavy (non-hydrogen) atoms. The normalized spacial score (nSPS) is 15.3. The summed E-state index contributed by atoms with van der Waals surface area (Å²) in [6.45, 7) is 2.00. The number of aromatic nitrogens is 1. The number of nitrogens with two attached hydrogens (primary N) is 1. The molecule has 0 bridgehead atoms. The Hall–Kier alpha value is -1.77. The summed E-state index contributed by atoms with van der Waals surface area (Å²) in [7, 11) is 0. The van der Waals surface area contributed by atoms with Crippen molar-refractivity contribution in [1.82, 2.24) is 4.98 Å². The maximum Gasteiger partial charge on any atom is 0.197 e. The van der Waals surface area contributed by atoms with Crippen LogP contribution in [-0.2, 0) is 0 Å². The Balaban J connectivity index is 1.97. The lowest BCUT2D eigenvalue weighted by molar-refractivity contribution is 0.497. The van der Waals surface area contributed by atoms with Crippen LogP contribution < -0.4 is 5.73 Å². The van der Waals surface area contributed by atoms with E-state index in [9.17, 15) is 0 Å². The number of nitrogens with zero attached hydrogens (tertiary/aromatic N) is 1. The highest BCUT2D eigenvalue weighted by Crippen LogP contribution is 2.40. The molecule has 3 heteroatoms. The second-order valence-electron chi connectivity index (χ2n) is 4.42. The van der Waals surface area contributed by atoms with Gasteiger partial charge < -0.3 is 10.2 Å². The second-order valence-corrected chi connectivity index (χ2v) is 4.42. The van der Waals surface area contributed by atoms with Crippen LogP contribution in [0, 0.1) is 6.92 Å². The van der Waals surface area contributed by atoms with E-state index < -0.39 is 0 Å². The van der Waals surface area contributed by atoms with E-state index >= 15 is 0 Å². The molecular formula is C13H14N2O. The van der Waals surface area contributed by atoms with Crippen LogP contribution in [0.15, 0.2) is 28.9 Å². The molecule has 0 aliphatic heterocycles. The molecule has 0 amide bonds. The van der Waals surface area contributed by atoms with Crippen molar-refractivity contribution in [3.05, 3.63) is 35.9 Å². The van der Waals surface area contributed by atoms with E-state index in [4.69, 9.17) is 10.2 Å². The zero-order valence-corrected chi connectivity index (χ0v) is 9.23. The second kappa shape index (κ2) is 3.37. The van der Waals surface area contributed by atoms with Crippen LogP contribution in [-0.4, -0.2) is 4.98 Å². The van der Waals surface area contributed by atoms with Gasteiger partial charge in [-0.1, -0.05) is 12.1 Å². The quantitative estimate of drug-likeness (QED) is 0.781. The van der Waals surface area contributed by atoms with Crippen molar-refractivity contribution in [3.8, 4) is 11.3 Å². The Kier molecular flexibility index (Phi) is 1.99. The van der Waals surface area contributed by atoms with Crippen molar-refractivity contribution in [2.45, 2.75) is 25.7 Å². The van der Waals surface area contributed by atoms with Gasteiger partial charge in [0.15, 0.2) is 5.89 Å². The maximum atomic E-state index is 5.88. The molecular weight excluding hydrogens is 200 g/mol. The van der Waals surface area contributed by atoms with E-state index in [2.05, 4.69) is 4.98 Å². The monoisotopic (exact) mass is 214 g/mol. The number of aryl methyl sites for hydroxylation is 1. The summed E-state index contributed by atoms with van der Waals surface area (Å²) in [5.74, 6) is 1.42. The van der Waals surface area contributed by atoms with Crippen LogP contribution in [0.3, 0.4) is 0 Å². The topological polar surface area (TPSA) is 52.0 Å². The van der Waals surface area contributed by atoms with E-state index in [0.29, 0.717) is 5.92 Å². The summed E-state index contributed by atoms with van der Waals surface area (Å²) in [4.78, 5) is 4.49. The predicted molar refractivity (Wildman–Crippen MR) is 63.1 cm³/mol. The number of nitrogen functional groups attached to an aromatic ring is 1. The standard InChI is InChI=1S/C13H14N2O/c1-8-2-3-10(6-11(8)14)12-7-16-13(15-12)9-4-5-9/h2-3,6-7,9H,4-5,14H2,1H3. The smallest absolute Gasteiger partial charge is 0.197 e. The van der Waals surface area contributed by atoms with Crippen molar-refractivity contribution in [2.75, 3.05) is 5.73 Å². The Bertz CT molecular complexity index is 526. The SMILES string of the molecule is Cc1ccc(-c2coc(C3CC3)n2)cc1N. The van der Waals surface area contributed by atoms with Gasteiger partial charge >= 0.3 is 0 Å². The van der Waals surface area contributed by atoms with E-state index in [0.717, 1.165) is 28.4 Å². The van der Waals surface area contributed by atoms with Crippen molar-refractivity contribution >= 4 is 5.69 Å². The summed E-state index contributed by atoms with van der Waals surface area (Å²) in [5.41, 5.74) is 9.68. The highest BCUT2D eigenvalue weighted by molar-refractivity contribution is 5.65. The molecule has 3 rings (SSSR count). The number of oxazole rings is 1. The molecule has 2 N–H and O–H groups in total. The van der Waals surface area contributed by atoms with Gasteiger partial charge in [-0.2, -0.15) is 0 Å². The summed E-state index contributed by atoms with van der Waals surface area (Å²) in [5, 5.41) is 0. The van der Waals surface area contributed by atoms with E-state index in [1.807, 2.05) is 25.1 Å². The zero-order valence-electron chi connectivity index (χ0n) is 9.23. The molecule has 1 aromatic carbocycles. The lowest BCUT2D eigenvalue weighted by atomic mass is 10.1. The first-order valence-electron chi connectivity index (χ1n) is 5.56. The van der Waals surface area contributed by atoms with Crippen molar-refractivity contribution in [1.29, 1.82) is 0 Å². The Labute approximate surface area is 94.3 Å². The minimum absolute atomic E-state index is 0.552. The average molecular weight is 214 g/mol. The summed E-state index contributed by atoms with van der Waals surface area (Å²) in [6.07, 6.45) is 4.13. The molecule has 0 atom stereocenters. The van der Waals surface area contributed by atoms with Crippen molar-refractivity contribution < 1.29 is 4.42 Å². The highest BCUT2D eigenvalue weighted by atomic mass is 16.3. The number of rotatable bonds is 2. The first kappa shape index (κ1) is 9.46. The molecule has 0 spiro atoms. The fraction of sp³-hybridized carbons (Fsp3) is 0.308. The molecule has 3 nitrogen and oxygen atoms in total. The fourth-order valence-electron chi connectivity index (χ4n) is 1.74. The Morgan fingerprint density at radius 2 is 2.19 bits per heavy atom. The molecule has 1 fully saturated rings. The number of hydrogen-bond donors (Lipinski definition) is 1. The highest BCUT2D eigenvalue weighted by Gasteiger charge is 2.28. The van der Waals surface area contributed by atoms with Gasteiger partial charge in [-0.3, -0.25) is 0 Å². The van der Waals surface area contributed by atoms with Gasteiger partial charge in [-0.15, -0.1) is 0 Å². The lowest BCUT2D eigenvalue weighted by Gasteiger charge is -2.01. The maximum absolute atomic E-state index is 5.88. The van der Waals surface area contributed by atoms with Gasteiger partial charge in [0.2, 0.25) is 0 Å². The van der Waals surface area contributed by atoms with Crippen LogP contribution in [0.25, 0.3) is 11.3 Å². The molecule has 1 saturated carbocycles. The molecule has 0 radical (unpaired) electrons. The molecule has 2 aromatic rings. The Morgan fingerprint density at radius 1 is 1.38 bits per heavy atom. The van der Waals surface area contributed by atoms with E-state index in [1.165, 1.54) is 12.8 Å². The third-order valence-corrected chi connectivity index (χ3v) is 3.02. The van der Waals surface area contributed by atoms with Crippen molar-refractivity contribution in [2.24, 2.45) is 0 Å². The van der Waals surface area contributed by atoms with Crippen LogP contribution >= 0.6 is 0 Å². The zero-order chi connectivity index (χ0) is 11.1. The minimum Gasteiger partial charge on any atom is -0.448 e. The van der Waals surface area contributed by atoms with Gasteiger partial charge in [-0.25, -0.2) is 4.98 Å². The molecule has 82 valence electrons. The largest absolute Gasteiger partial charge is 0.448 e. The number of benzene rings is 1. The number of hydrogen-bond acceptors (Lipinski definition) is 3. The van der Waals surface area contributed by atoms with Crippen LogP contribution in [0.4, 0.5) is 5.69 Å². The fourth-order valence-corrected chi connectivity index (χ4v) is 1.74. The van der Waals surface area contributed by atoms with Gasteiger partial charge in [0.05, 0.1) is 0 Å². The van der Waals surface area contributed by atoms with Gasteiger partial charge in [0, 0.05) is 17.2 Å². The van der Waals surface area contributed by atoms with Gasteiger partial charge in [-0.05, 0) is 31.4 Å². The number of anilines is 1. The van der Waals surface area contributed by atoms with Crippen LogP contribution in [0.2, 0.25) is 0 Å². The van der Waals surface area contributed by atoms with Gasteiger partial charge in [0.25, 0.3) is 0 Å². The minimum atomic E-state index is 0.552. The summed E-state index contributed by atoms with van der Waals surface area (Å²) in [6, 6.07) is 5.99. The first-order valence-corrected chi connectivity index (χ1v) is 5.56. The van der Waals surface area contributed by atoms with Crippen molar-refractivity contribution in [3.63, 3.8) is 0 Å². The van der Waals surface area contributed by atoms with E-state index in [1.54, 1.807) is 6.26 Å². The van der Waals surface area contributed by atoms with E-state index in [-0.39, 0.29) is 0 Å². The predicted octanol–water partition coefficient (Wildman–Crippen LogP) is 3.11. The Morgan fingerprint density at radius 3 is 2.88 bits per heavy atom. The average Bonchev–Trinajstić information content (AvgIpc) is 3.01. The molecule has 0 saturated heterocycles.